The Morgan fingerprint density at radius 3 is 2.23 bits per heavy atom. The second-order valence-corrected chi connectivity index (χ2v) is 7.42. The smallest absolute Gasteiger partial charge is 0.261 e. The van der Waals surface area contributed by atoms with Crippen LogP contribution in [0.15, 0.2) is 48.5 Å². The highest BCUT2D eigenvalue weighted by Gasteiger charge is 2.14. The van der Waals surface area contributed by atoms with Gasteiger partial charge < -0.3 is 14.8 Å². The van der Waals surface area contributed by atoms with E-state index in [4.69, 9.17) is 21.7 Å². The molecule has 2 N–H and O–H groups in total. The van der Waals surface area contributed by atoms with Crippen molar-refractivity contribution < 1.29 is 14.3 Å². The average molecular weight is 429 g/mol. The highest BCUT2D eigenvalue weighted by atomic mass is 32.1. The van der Waals surface area contributed by atoms with Crippen molar-refractivity contribution in [3.8, 4) is 11.5 Å². The molecule has 0 aromatic heterocycles. The van der Waals surface area contributed by atoms with Crippen molar-refractivity contribution in [2.75, 3.05) is 18.5 Å². The zero-order chi connectivity index (χ0) is 21.6. The lowest BCUT2D eigenvalue weighted by atomic mass is 10.2. The van der Waals surface area contributed by atoms with Gasteiger partial charge in [0, 0.05) is 0 Å². The number of rotatable bonds is 12. The minimum Gasteiger partial charge on any atom is -0.493 e. The summed E-state index contributed by atoms with van der Waals surface area (Å²) in [5, 5.41) is 6.01. The summed E-state index contributed by atoms with van der Waals surface area (Å²) in [5.74, 6) is 0.969. The number of unbranched alkanes of at least 4 members (excludes halogenated alkanes) is 4. The van der Waals surface area contributed by atoms with Crippen LogP contribution in [0.1, 0.15) is 62.7 Å². The standard InChI is InChI=1S/C24H32N2O3S/c1-3-5-7-12-18-28-21-15-10-8-13-19(21)23(27)26-24(30)25-20-14-9-11-16-22(20)29-17-6-4-2/h8-11,13-16H,3-7,12,17-18H2,1-2H3,(H2,25,26,27,30). The molecule has 0 unspecified atom stereocenters. The van der Waals surface area contributed by atoms with Gasteiger partial charge in [0.05, 0.1) is 24.5 Å². The second kappa shape index (κ2) is 13.6. The molecule has 6 heteroatoms. The quantitative estimate of drug-likeness (QED) is 0.323. The highest BCUT2D eigenvalue weighted by Crippen LogP contribution is 2.24. The first-order valence-corrected chi connectivity index (χ1v) is 11.1. The maximum Gasteiger partial charge on any atom is 0.261 e. The van der Waals surface area contributed by atoms with Crippen molar-refractivity contribution in [1.82, 2.24) is 5.32 Å². The molecular formula is C24H32N2O3S. The predicted octanol–water partition coefficient (Wildman–Crippen LogP) is 5.95. The third-order valence-electron chi connectivity index (χ3n) is 4.50. The van der Waals surface area contributed by atoms with Crippen molar-refractivity contribution in [3.63, 3.8) is 0 Å². The Morgan fingerprint density at radius 1 is 0.833 bits per heavy atom. The number of thiocarbonyl (C=S) groups is 1. The van der Waals surface area contributed by atoms with Crippen LogP contribution >= 0.6 is 12.2 Å². The van der Waals surface area contributed by atoms with E-state index in [0.29, 0.717) is 30.3 Å². The summed E-state index contributed by atoms with van der Waals surface area (Å²) < 4.78 is 11.6. The zero-order valence-electron chi connectivity index (χ0n) is 17.9. The van der Waals surface area contributed by atoms with Gasteiger partial charge in [0.25, 0.3) is 5.91 Å². The summed E-state index contributed by atoms with van der Waals surface area (Å²) in [6.45, 7) is 5.52. The van der Waals surface area contributed by atoms with Gasteiger partial charge in [-0.3, -0.25) is 10.1 Å². The maximum atomic E-state index is 12.7. The molecule has 0 atom stereocenters. The molecule has 2 aromatic rings. The summed E-state index contributed by atoms with van der Waals surface area (Å²) in [4.78, 5) is 12.7. The summed E-state index contributed by atoms with van der Waals surface area (Å²) in [6.07, 6.45) is 6.50. The molecule has 0 aliphatic rings. The first-order chi connectivity index (χ1) is 14.7. The molecule has 0 saturated heterocycles. The SMILES string of the molecule is CCCCCCOc1ccccc1C(=O)NC(=S)Nc1ccccc1OCCCC. The van der Waals surface area contributed by atoms with Crippen LogP contribution in [0.5, 0.6) is 11.5 Å². The van der Waals surface area contributed by atoms with Crippen molar-refractivity contribution in [2.24, 2.45) is 0 Å². The van der Waals surface area contributed by atoms with E-state index in [1.165, 1.54) is 12.8 Å². The summed E-state index contributed by atoms with van der Waals surface area (Å²) in [7, 11) is 0. The Morgan fingerprint density at radius 2 is 1.47 bits per heavy atom. The first kappa shape index (κ1) is 23.7. The van der Waals surface area contributed by atoms with Gasteiger partial charge in [0.2, 0.25) is 0 Å². The fourth-order valence-electron chi connectivity index (χ4n) is 2.84. The van der Waals surface area contributed by atoms with Crippen molar-refractivity contribution in [2.45, 2.75) is 52.4 Å². The normalized spacial score (nSPS) is 10.3. The predicted molar refractivity (Wildman–Crippen MR) is 127 cm³/mol. The van der Waals surface area contributed by atoms with Gasteiger partial charge in [-0.1, -0.05) is 63.8 Å². The number of amides is 1. The molecule has 30 heavy (non-hydrogen) atoms. The summed E-state index contributed by atoms with van der Waals surface area (Å²) in [5.41, 5.74) is 1.18. The summed E-state index contributed by atoms with van der Waals surface area (Å²) >= 11 is 5.35. The molecule has 0 bridgehead atoms. The number of carbonyl (C=O) groups is 1. The fourth-order valence-corrected chi connectivity index (χ4v) is 3.04. The van der Waals surface area contributed by atoms with E-state index < -0.39 is 0 Å². The van der Waals surface area contributed by atoms with E-state index in [2.05, 4.69) is 24.5 Å². The van der Waals surface area contributed by atoms with Crippen LogP contribution < -0.4 is 20.1 Å². The molecule has 0 aliphatic heterocycles. The van der Waals surface area contributed by atoms with E-state index in [1.807, 2.05) is 42.5 Å². The van der Waals surface area contributed by atoms with E-state index in [-0.39, 0.29) is 11.0 Å². The third-order valence-corrected chi connectivity index (χ3v) is 4.71. The van der Waals surface area contributed by atoms with Gasteiger partial charge in [-0.2, -0.15) is 0 Å². The van der Waals surface area contributed by atoms with E-state index >= 15 is 0 Å². The van der Waals surface area contributed by atoms with Crippen LogP contribution in [0.25, 0.3) is 0 Å². The molecule has 2 aromatic carbocycles. The number of hydrogen-bond donors (Lipinski definition) is 2. The second-order valence-electron chi connectivity index (χ2n) is 7.01. The van der Waals surface area contributed by atoms with E-state index in [9.17, 15) is 4.79 Å². The Labute approximate surface area is 185 Å². The third kappa shape index (κ3) is 8.03. The fraction of sp³-hybridized carbons (Fsp3) is 0.417. The monoisotopic (exact) mass is 428 g/mol. The van der Waals surface area contributed by atoms with Gasteiger partial charge >= 0.3 is 0 Å². The molecule has 0 aliphatic carbocycles. The number of benzene rings is 2. The molecular weight excluding hydrogens is 396 g/mol. The Kier molecular flexibility index (Phi) is 10.7. The molecule has 0 saturated carbocycles. The van der Waals surface area contributed by atoms with Gasteiger partial charge in [0.1, 0.15) is 11.5 Å². The number of nitrogens with one attached hydrogen (secondary N) is 2. The molecule has 0 spiro atoms. The molecule has 0 fully saturated rings. The number of para-hydroxylation sites is 3. The highest BCUT2D eigenvalue weighted by molar-refractivity contribution is 7.80. The lowest BCUT2D eigenvalue weighted by Crippen LogP contribution is -2.34. The molecule has 162 valence electrons. The van der Waals surface area contributed by atoms with Crippen molar-refractivity contribution in [3.05, 3.63) is 54.1 Å². The van der Waals surface area contributed by atoms with Gasteiger partial charge in [-0.05, 0) is 49.3 Å². The van der Waals surface area contributed by atoms with Crippen LogP contribution in [0.2, 0.25) is 0 Å². The molecule has 1 amide bonds. The Bertz CT molecular complexity index is 811. The molecule has 5 nitrogen and oxygen atoms in total. The molecule has 0 heterocycles. The van der Waals surface area contributed by atoms with Crippen molar-refractivity contribution in [1.29, 1.82) is 0 Å². The van der Waals surface area contributed by atoms with Crippen molar-refractivity contribution >= 4 is 28.9 Å². The van der Waals surface area contributed by atoms with Crippen LogP contribution in [0.3, 0.4) is 0 Å². The zero-order valence-corrected chi connectivity index (χ0v) is 18.7. The first-order valence-electron chi connectivity index (χ1n) is 10.7. The minimum absolute atomic E-state index is 0.212. The lowest BCUT2D eigenvalue weighted by molar-refractivity contribution is 0.0973. The van der Waals surface area contributed by atoms with E-state index in [1.54, 1.807) is 6.07 Å². The van der Waals surface area contributed by atoms with Crippen LogP contribution in [-0.4, -0.2) is 24.2 Å². The van der Waals surface area contributed by atoms with Crippen LogP contribution in [-0.2, 0) is 0 Å². The minimum atomic E-state index is -0.305. The maximum absolute atomic E-state index is 12.7. The Balaban J connectivity index is 1.94. The van der Waals surface area contributed by atoms with Crippen LogP contribution in [0.4, 0.5) is 5.69 Å². The average Bonchev–Trinajstić information content (AvgIpc) is 2.75. The molecule has 2 rings (SSSR count). The summed E-state index contributed by atoms with van der Waals surface area (Å²) in [6, 6.07) is 14.8. The number of ether oxygens (including phenoxy) is 2. The number of carbonyl (C=O) groups excluding carboxylic acids is 1. The van der Waals surface area contributed by atoms with E-state index in [0.717, 1.165) is 31.4 Å². The van der Waals surface area contributed by atoms with Gasteiger partial charge in [0.15, 0.2) is 5.11 Å². The molecule has 0 radical (unpaired) electrons. The number of anilines is 1. The number of hydrogen-bond acceptors (Lipinski definition) is 4. The topological polar surface area (TPSA) is 59.6 Å². The largest absolute Gasteiger partial charge is 0.493 e. The van der Waals surface area contributed by atoms with Crippen LogP contribution in [0, 0.1) is 0 Å². The van der Waals surface area contributed by atoms with Gasteiger partial charge in [-0.15, -0.1) is 0 Å². The van der Waals surface area contributed by atoms with Gasteiger partial charge in [-0.25, -0.2) is 0 Å². The Hall–Kier alpha value is -2.60. The lowest BCUT2D eigenvalue weighted by Gasteiger charge is -2.15.